The van der Waals surface area contributed by atoms with Crippen LogP contribution in [0, 0.1) is 27.7 Å². The van der Waals surface area contributed by atoms with Crippen molar-refractivity contribution in [3.05, 3.63) is 129 Å². The van der Waals surface area contributed by atoms with E-state index < -0.39 is 20.8 Å². The maximum atomic E-state index is 4.93. The van der Waals surface area contributed by atoms with Crippen molar-refractivity contribution < 1.29 is 20.8 Å². The average molecular weight is 883 g/mol. The van der Waals surface area contributed by atoms with Gasteiger partial charge < -0.3 is 0 Å². The number of rotatable bonds is 2. The summed E-state index contributed by atoms with van der Waals surface area (Å²) in [6.07, 6.45) is 0. The van der Waals surface area contributed by atoms with Gasteiger partial charge in [0.25, 0.3) is 0 Å². The van der Waals surface area contributed by atoms with Gasteiger partial charge in [0.1, 0.15) is 0 Å². The zero-order valence-electron chi connectivity index (χ0n) is 37.8. The van der Waals surface area contributed by atoms with Crippen LogP contribution in [0.5, 0.6) is 0 Å². The van der Waals surface area contributed by atoms with E-state index in [1.165, 1.54) is 88.3 Å². The molecule has 6 aromatic carbocycles. The van der Waals surface area contributed by atoms with Crippen molar-refractivity contribution in [1.82, 2.24) is 0 Å². The van der Waals surface area contributed by atoms with Crippen molar-refractivity contribution in [2.75, 3.05) is 0 Å². The van der Waals surface area contributed by atoms with E-state index in [0.717, 1.165) is 9.52 Å². The summed E-state index contributed by atoms with van der Waals surface area (Å²) in [5, 5.41) is 5.44. The fourth-order valence-corrected chi connectivity index (χ4v) is 7.12. The standard InChI is InChI=1S/2C25H31.C2H6Si.2ClH.Zr/c2*1-16-11-18-10-9-17(2)23(22(18)12-16)19-13-20(24(3,4)5)15-21(14-19)25(6,7)8;1-3-2;;;/h2*9-15H,1-8H3;1-2H3;2*1H;/q2*-1;;;;+4/p-2. The van der Waals surface area contributed by atoms with Crippen LogP contribution in [-0.2, 0) is 42.5 Å². The van der Waals surface area contributed by atoms with Crippen LogP contribution < -0.4 is 0 Å². The van der Waals surface area contributed by atoms with Gasteiger partial charge in [-0.1, -0.05) is 169 Å². The van der Waals surface area contributed by atoms with Crippen LogP contribution >= 0.6 is 17.0 Å². The molecule has 6 aromatic rings. The summed E-state index contributed by atoms with van der Waals surface area (Å²) in [5.74, 6) is 0. The van der Waals surface area contributed by atoms with Gasteiger partial charge in [0.2, 0.25) is 0 Å². The van der Waals surface area contributed by atoms with E-state index >= 15 is 0 Å². The Kier molecular flexibility index (Phi) is 16.5. The molecule has 6 rings (SSSR count). The van der Waals surface area contributed by atoms with Gasteiger partial charge in [0.15, 0.2) is 0 Å². The van der Waals surface area contributed by atoms with Crippen LogP contribution in [0.3, 0.4) is 0 Å². The van der Waals surface area contributed by atoms with Gasteiger partial charge in [-0.15, -0.1) is 69.1 Å². The Balaban J connectivity index is 0.000000264. The third kappa shape index (κ3) is 12.4. The molecule has 0 aromatic heterocycles. The first kappa shape index (κ1) is 48.2. The number of fused-ring (bicyclic) bond motifs is 2. The number of hydrogen-bond donors (Lipinski definition) is 0. The predicted octanol–water partition coefficient (Wildman–Crippen LogP) is 17.0. The summed E-state index contributed by atoms with van der Waals surface area (Å²) in [6, 6.07) is 32.7. The van der Waals surface area contributed by atoms with Crippen LogP contribution in [0.1, 0.15) is 128 Å². The van der Waals surface area contributed by atoms with E-state index in [9.17, 15) is 0 Å². The first-order valence-electron chi connectivity index (χ1n) is 20.0. The molecule has 0 spiro atoms. The molecule has 0 atom stereocenters. The summed E-state index contributed by atoms with van der Waals surface area (Å²) in [4.78, 5) is 0. The quantitative estimate of drug-likeness (QED) is 0.120. The fourth-order valence-electron chi connectivity index (χ4n) is 7.12. The van der Waals surface area contributed by atoms with Gasteiger partial charge >= 0.3 is 37.9 Å². The molecule has 0 unspecified atom stereocenters. The van der Waals surface area contributed by atoms with Crippen LogP contribution in [0.15, 0.2) is 84.9 Å². The van der Waals surface area contributed by atoms with Crippen molar-refractivity contribution >= 4 is 48.1 Å². The van der Waals surface area contributed by atoms with Gasteiger partial charge in [-0.25, -0.2) is 0 Å². The Morgan fingerprint density at radius 1 is 0.446 bits per heavy atom. The molecule has 0 aliphatic carbocycles. The molecule has 0 fully saturated rings. The van der Waals surface area contributed by atoms with Crippen LogP contribution in [0.4, 0.5) is 0 Å². The van der Waals surface area contributed by atoms with Gasteiger partial charge in [0.05, 0.1) is 0 Å². The fraction of sp³-hybridized carbons (Fsp3) is 0.423. The van der Waals surface area contributed by atoms with E-state index in [4.69, 9.17) is 17.0 Å². The van der Waals surface area contributed by atoms with Gasteiger partial charge in [-0.3, -0.25) is 0 Å². The third-order valence-corrected chi connectivity index (χ3v) is 10.4. The molecule has 0 amide bonds. The molecule has 0 aliphatic rings. The first-order chi connectivity index (χ1) is 25.8. The van der Waals surface area contributed by atoms with Crippen molar-refractivity contribution in [3.63, 3.8) is 0 Å². The molecule has 2 radical (unpaired) electrons. The first-order valence-corrected chi connectivity index (χ1v) is 28.3. The molecule has 56 heavy (non-hydrogen) atoms. The number of halogens is 2. The molecular formula is C52H68Cl2SiZr. The van der Waals surface area contributed by atoms with Crippen molar-refractivity contribution in [2.24, 2.45) is 0 Å². The topological polar surface area (TPSA) is 0 Å². The SMILES string of the molecule is C[Si]C.Cc1cc2c(-c3cc(C(C)(C)C)cc(C(C)(C)C)c3)c(C)ccc2[cH-]1.Cc1cc2c(-c3cc(C(C)(C)C)cc(C(C)(C)C)c3)c(C)ccc2[cH-]1.[Cl][Zr+2][Cl]. The Hall–Kier alpha value is -2.22. The average Bonchev–Trinajstić information content (AvgIpc) is 3.64. The van der Waals surface area contributed by atoms with E-state index in [1.54, 1.807) is 0 Å². The molecule has 0 N–H and O–H groups in total. The zero-order chi connectivity index (χ0) is 42.6. The summed E-state index contributed by atoms with van der Waals surface area (Å²) in [5.41, 5.74) is 17.1. The number of aryl methyl sites for hydroxylation is 4. The van der Waals surface area contributed by atoms with E-state index in [1.807, 2.05) is 0 Å². The zero-order valence-corrected chi connectivity index (χ0v) is 42.8. The molecule has 4 heteroatoms. The second-order valence-corrected chi connectivity index (χ2v) is 24.5. The molecular weight excluding hydrogens is 815 g/mol. The minimum absolute atomic E-state index is 0.139. The summed E-state index contributed by atoms with van der Waals surface area (Å²) in [6.45, 7) is 40.8. The van der Waals surface area contributed by atoms with Gasteiger partial charge in [-0.2, -0.15) is 12.1 Å². The predicted molar refractivity (Wildman–Crippen MR) is 253 cm³/mol. The molecule has 0 heterocycles. The maximum absolute atomic E-state index is 4.93. The van der Waals surface area contributed by atoms with Crippen LogP contribution in [0.2, 0.25) is 13.1 Å². The molecule has 0 nitrogen and oxygen atoms in total. The third-order valence-electron chi connectivity index (χ3n) is 10.4. The molecule has 0 saturated carbocycles. The van der Waals surface area contributed by atoms with Crippen molar-refractivity contribution in [2.45, 2.75) is 146 Å². The van der Waals surface area contributed by atoms with E-state index in [-0.39, 0.29) is 21.7 Å². The molecule has 298 valence electrons. The molecule has 0 bridgehead atoms. The monoisotopic (exact) mass is 880 g/mol. The van der Waals surface area contributed by atoms with Gasteiger partial charge in [-0.05, 0) is 68.9 Å². The molecule has 0 saturated heterocycles. The van der Waals surface area contributed by atoms with Crippen LogP contribution in [0.25, 0.3) is 43.8 Å². The summed E-state index contributed by atoms with van der Waals surface area (Å²) in [7, 11) is 11.0. The summed E-state index contributed by atoms with van der Waals surface area (Å²) >= 11 is -0.826. The Morgan fingerprint density at radius 3 is 0.929 bits per heavy atom. The summed E-state index contributed by atoms with van der Waals surface area (Å²) < 4.78 is 0. The second kappa shape index (κ2) is 19.2. The number of hydrogen-bond acceptors (Lipinski definition) is 0. The normalized spacial score (nSPS) is 11.9. The van der Waals surface area contributed by atoms with Crippen molar-refractivity contribution in [3.8, 4) is 22.3 Å². The van der Waals surface area contributed by atoms with E-state index in [2.05, 4.69) is 209 Å². The Morgan fingerprint density at radius 2 is 0.696 bits per heavy atom. The van der Waals surface area contributed by atoms with E-state index in [0.29, 0.717) is 0 Å². The van der Waals surface area contributed by atoms with Gasteiger partial charge in [0, 0.05) is 9.52 Å². The van der Waals surface area contributed by atoms with Crippen LogP contribution in [-0.4, -0.2) is 9.52 Å². The molecule has 0 aliphatic heterocycles. The Labute approximate surface area is 363 Å². The second-order valence-electron chi connectivity index (χ2n) is 19.8. The van der Waals surface area contributed by atoms with Crippen molar-refractivity contribution in [1.29, 1.82) is 0 Å². The Bertz CT molecular complexity index is 1990. The minimum atomic E-state index is -0.826. The number of benzene rings is 4.